The van der Waals surface area contributed by atoms with Crippen molar-refractivity contribution in [1.29, 1.82) is 0 Å². The maximum Gasteiger partial charge on any atom is 0.251 e. The first-order valence-corrected chi connectivity index (χ1v) is 12.8. The van der Waals surface area contributed by atoms with Crippen LogP contribution in [0, 0.1) is 0 Å². The van der Waals surface area contributed by atoms with Crippen molar-refractivity contribution in [3.05, 3.63) is 70.8 Å². The van der Waals surface area contributed by atoms with Crippen LogP contribution in [0.1, 0.15) is 112 Å². The van der Waals surface area contributed by atoms with Gasteiger partial charge in [-0.25, -0.2) is 0 Å². The minimum Gasteiger partial charge on any atom is -0.352 e. The molecule has 2 N–H and O–H groups in total. The van der Waals surface area contributed by atoms with Crippen LogP contribution in [0.25, 0.3) is 0 Å². The lowest BCUT2D eigenvalue weighted by atomic mass is 9.86. The van der Waals surface area contributed by atoms with E-state index in [-0.39, 0.29) is 22.6 Å². The molecule has 0 aliphatic carbocycles. The SMILES string of the molecule is CC(C)(C)c1ccc(C(=O)NCCCCCCCCNC(=O)c2ccc(C(C)(C)C)cc2)cc1. The van der Waals surface area contributed by atoms with Crippen molar-refractivity contribution in [3.8, 4) is 0 Å². The highest BCUT2D eigenvalue weighted by Crippen LogP contribution is 2.23. The van der Waals surface area contributed by atoms with Crippen LogP contribution in [0.2, 0.25) is 0 Å². The summed E-state index contributed by atoms with van der Waals surface area (Å²) in [6.07, 6.45) is 6.50. The number of carbonyl (C=O) groups excluding carboxylic acids is 2. The van der Waals surface area contributed by atoms with Crippen LogP contribution in [-0.4, -0.2) is 24.9 Å². The Hall–Kier alpha value is -2.62. The van der Waals surface area contributed by atoms with Gasteiger partial charge in [-0.15, -0.1) is 0 Å². The molecular formula is C30H44N2O2. The van der Waals surface area contributed by atoms with Crippen molar-refractivity contribution >= 4 is 11.8 Å². The normalized spacial score (nSPS) is 11.8. The number of unbranched alkanes of at least 4 members (excludes halogenated alkanes) is 5. The predicted molar refractivity (Wildman–Crippen MR) is 143 cm³/mol. The Bertz CT molecular complexity index is 823. The molecule has 0 aromatic heterocycles. The number of hydrogen-bond donors (Lipinski definition) is 2. The molecule has 0 heterocycles. The number of benzene rings is 2. The summed E-state index contributed by atoms with van der Waals surface area (Å²) in [5, 5.41) is 6.04. The third kappa shape index (κ3) is 9.32. The standard InChI is InChI=1S/C30H44N2O2/c1-29(2,3)25-17-13-23(14-18-25)27(33)31-21-11-9-7-8-10-12-22-32-28(34)24-15-19-26(20-16-24)30(4,5)6/h13-20H,7-12,21-22H2,1-6H3,(H,31,33)(H,32,34). The Morgan fingerprint density at radius 1 is 0.529 bits per heavy atom. The fourth-order valence-electron chi connectivity index (χ4n) is 3.81. The van der Waals surface area contributed by atoms with Gasteiger partial charge in [-0.05, 0) is 59.1 Å². The fraction of sp³-hybridized carbons (Fsp3) is 0.533. The summed E-state index contributed by atoms with van der Waals surface area (Å²) in [7, 11) is 0. The molecule has 0 aliphatic heterocycles. The lowest BCUT2D eigenvalue weighted by Gasteiger charge is -2.19. The van der Waals surface area contributed by atoms with Crippen molar-refractivity contribution in [1.82, 2.24) is 10.6 Å². The molecule has 0 saturated heterocycles. The largest absolute Gasteiger partial charge is 0.352 e. The van der Waals surface area contributed by atoms with Crippen molar-refractivity contribution in [2.24, 2.45) is 0 Å². The van der Waals surface area contributed by atoms with E-state index in [0.29, 0.717) is 13.1 Å². The van der Waals surface area contributed by atoms with Gasteiger partial charge in [0.2, 0.25) is 0 Å². The van der Waals surface area contributed by atoms with Crippen LogP contribution < -0.4 is 10.6 Å². The van der Waals surface area contributed by atoms with Crippen LogP contribution in [0.5, 0.6) is 0 Å². The minimum absolute atomic E-state index is 0.00393. The molecule has 0 spiro atoms. The van der Waals surface area contributed by atoms with E-state index >= 15 is 0 Å². The Labute approximate surface area is 206 Å². The van der Waals surface area contributed by atoms with E-state index in [0.717, 1.165) is 49.7 Å². The maximum atomic E-state index is 12.3. The van der Waals surface area contributed by atoms with E-state index in [1.54, 1.807) is 0 Å². The predicted octanol–water partition coefficient (Wildman–Crippen LogP) is 6.78. The van der Waals surface area contributed by atoms with Crippen LogP contribution >= 0.6 is 0 Å². The Kier molecular flexibility index (Phi) is 10.3. The van der Waals surface area contributed by atoms with Gasteiger partial charge in [0, 0.05) is 24.2 Å². The molecule has 0 bridgehead atoms. The second-order valence-electron chi connectivity index (χ2n) is 11.3. The summed E-state index contributed by atoms with van der Waals surface area (Å²) in [6, 6.07) is 15.8. The lowest BCUT2D eigenvalue weighted by molar-refractivity contribution is 0.0944. The second kappa shape index (κ2) is 12.7. The van der Waals surface area contributed by atoms with E-state index in [1.807, 2.05) is 48.5 Å². The number of amides is 2. The molecule has 4 heteroatoms. The van der Waals surface area contributed by atoms with Gasteiger partial charge in [0.05, 0.1) is 0 Å². The molecule has 2 amide bonds. The van der Waals surface area contributed by atoms with E-state index < -0.39 is 0 Å². The molecule has 0 radical (unpaired) electrons. The molecule has 4 nitrogen and oxygen atoms in total. The van der Waals surface area contributed by atoms with Crippen molar-refractivity contribution < 1.29 is 9.59 Å². The third-order valence-corrected chi connectivity index (χ3v) is 6.20. The van der Waals surface area contributed by atoms with E-state index in [4.69, 9.17) is 0 Å². The van der Waals surface area contributed by atoms with Gasteiger partial charge in [-0.3, -0.25) is 9.59 Å². The van der Waals surface area contributed by atoms with Gasteiger partial charge < -0.3 is 10.6 Å². The van der Waals surface area contributed by atoms with Gasteiger partial charge in [0.25, 0.3) is 11.8 Å². The summed E-state index contributed by atoms with van der Waals surface area (Å²) in [6.45, 7) is 14.5. The topological polar surface area (TPSA) is 58.2 Å². The minimum atomic E-state index is 0.00393. The van der Waals surface area contributed by atoms with Crippen molar-refractivity contribution in [2.75, 3.05) is 13.1 Å². The Balaban J connectivity index is 1.51. The van der Waals surface area contributed by atoms with Crippen molar-refractivity contribution in [2.45, 2.75) is 90.9 Å². The zero-order valence-corrected chi connectivity index (χ0v) is 22.1. The molecule has 186 valence electrons. The quantitative estimate of drug-likeness (QED) is 0.360. The van der Waals surface area contributed by atoms with Gasteiger partial charge in [0.1, 0.15) is 0 Å². The summed E-state index contributed by atoms with van der Waals surface area (Å²) < 4.78 is 0. The molecule has 2 aromatic rings. The smallest absolute Gasteiger partial charge is 0.251 e. The molecule has 0 atom stereocenters. The molecular weight excluding hydrogens is 420 g/mol. The fourth-order valence-corrected chi connectivity index (χ4v) is 3.81. The monoisotopic (exact) mass is 464 g/mol. The van der Waals surface area contributed by atoms with Gasteiger partial charge >= 0.3 is 0 Å². The highest BCUT2D eigenvalue weighted by Gasteiger charge is 2.15. The summed E-state index contributed by atoms with van der Waals surface area (Å²) in [5.74, 6) is 0.00786. The van der Waals surface area contributed by atoms with Crippen LogP contribution in [0.3, 0.4) is 0 Å². The highest BCUT2D eigenvalue weighted by atomic mass is 16.2. The zero-order chi connectivity index (χ0) is 25.2. The van der Waals surface area contributed by atoms with Gasteiger partial charge in [0.15, 0.2) is 0 Å². The van der Waals surface area contributed by atoms with E-state index in [9.17, 15) is 9.59 Å². The zero-order valence-electron chi connectivity index (χ0n) is 22.1. The lowest BCUT2D eigenvalue weighted by Crippen LogP contribution is -2.24. The first-order chi connectivity index (χ1) is 16.0. The van der Waals surface area contributed by atoms with Crippen molar-refractivity contribution in [3.63, 3.8) is 0 Å². The van der Waals surface area contributed by atoms with Gasteiger partial charge in [-0.1, -0.05) is 91.5 Å². The maximum absolute atomic E-state index is 12.3. The highest BCUT2D eigenvalue weighted by molar-refractivity contribution is 5.94. The molecule has 0 saturated carbocycles. The number of hydrogen-bond acceptors (Lipinski definition) is 2. The third-order valence-electron chi connectivity index (χ3n) is 6.20. The number of carbonyl (C=O) groups is 2. The Morgan fingerprint density at radius 3 is 1.12 bits per heavy atom. The average molecular weight is 465 g/mol. The van der Waals surface area contributed by atoms with Crippen LogP contribution in [0.15, 0.2) is 48.5 Å². The number of nitrogens with one attached hydrogen (secondary N) is 2. The molecule has 2 aromatic carbocycles. The second-order valence-corrected chi connectivity index (χ2v) is 11.3. The molecule has 0 unspecified atom stereocenters. The first-order valence-electron chi connectivity index (χ1n) is 12.8. The Morgan fingerprint density at radius 2 is 0.824 bits per heavy atom. The summed E-state index contributed by atoms with van der Waals surface area (Å²) in [5.41, 5.74) is 4.11. The van der Waals surface area contributed by atoms with E-state index in [1.165, 1.54) is 11.1 Å². The molecule has 0 fully saturated rings. The number of rotatable bonds is 11. The summed E-state index contributed by atoms with van der Waals surface area (Å²) in [4.78, 5) is 24.6. The average Bonchev–Trinajstić information content (AvgIpc) is 2.79. The first kappa shape index (κ1) is 27.6. The molecule has 34 heavy (non-hydrogen) atoms. The molecule has 0 aliphatic rings. The van der Waals surface area contributed by atoms with Crippen LogP contribution in [0.4, 0.5) is 0 Å². The molecule has 2 rings (SSSR count). The van der Waals surface area contributed by atoms with Gasteiger partial charge in [-0.2, -0.15) is 0 Å². The van der Waals surface area contributed by atoms with Crippen LogP contribution in [-0.2, 0) is 10.8 Å². The summed E-state index contributed by atoms with van der Waals surface area (Å²) >= 11 is 0. The van der Waals surface area contributed by atoms with E-state index in [2.05, 4.69) is 52.2 Å².